The molecule has 1 saturated carbocycles. The van der Waals surface area contributed by atoms with Gasteiger partial charge in [-0.1, -0.05) is 13.8 Å². The highest BCUT2D eigenvalue weighted by Crippen LogP contribution is 2.44. The van der Waals surface area contributed by atoms with Crippen molar-refractivity contribution in [3.63, 3.8) is 0 Å². The average Bonchev–Trinajstić information content (AvgIpc) is 2.66. The molecule has 4 nitrogen and oxygen atoms in total. The fourth-order valence-corrected chi connectivity index (χ4v) is 2.35. The summed E-state index contributed by atoms with van der Waals surface area (Å²) in [7, 11) is 0. The Labute approximate surface area is 95.8 Å². The quantitative estimate of drug-likeness (QED) is 0.809. The van der Waals surface area contributed by atoms with Crippen LogP contribution in [0.4, 0.5) is 0 Å². The van der Waals surface area contributed by atoms with Gasteiger partial charge < -0.3 is 5.32 Å². The summed E-state index contributed by atoms with van der Waals surface area (Å²) in [6.07, 6.45) is 4.58. The number of rotatable bonds is 4. The molecule has 0 bridgehead atoms. The topological polar surface area (TPSA) is 57.8 Å². The molecule has 1 fully saturated rings. The van der Waals surface area contributed by atoms with Gasteiger partial charge in [0, 0.05) is 30.8 Å². The predicted molar refractivity (Wildman–Crippen MR) is 61.8 cm³/mol. The van der Waals surface area contributed by atoms with E-state index in [0.717, 1.165) is 25.0 Å². The van der Waals surface area contributed by atoms with E-state index in [0.29, 0.717) is 12.0 Å². The number of H-pyrrole nitrogens is 1. The van der Waals surface area contributed by atoms with Gasteiger partial charge in [-0.2, -0.15) is 5.10 Å². The van der Waals surface area contributed by atoms with E-state index in [4.69, 9.17) is 0 Å². The second kappa shape index (κ2) is 4.28. The van der Waals surface area contributed by atoms with Crippen LogP contribution in [-0.4, -0.2) is 22.6 Å². The summed E-state index contributed by atoms with van der Waals surface area (Å²) in [6, 6.07) is 1.93. The number of nitrogens with zero attached hydrogens (tertiary/aromatic N) is 1. The van der Waals surface area contributed by atoms with E-state index < -0.39 is 0 Å². The Balaban J connectivity index is 1.65. The Kier molecular flexibility index (Phi) is 2.99. The molecular weight excluding hydrogens is 202 g/mol. The highest BCUT2D eigenvalue weighted by Gasteiger charge is 2.39. The van der Waals surface area contributed by atoms with E-state index in [1.807, 2.05) is 6.07 Å². The first-order chi connectivity index (χ1) is 7.57. The number of hydrogen-bond acceptors (Lipinski definition) is 2. The second-order valence-electron chi connectivity index (χ2n) is 5.39. The van der Waals surface area contributed by atoms with Gasteiger partial charge in [0.25, 0.3) is 0 Å². The molecule has 1 aromatic heterocycles. The van der Waals surface area contributed by atoms with Gasteiger partial charge in [-0.3, -0.25) is 9.89 Å². The molecule has 1 aliphatic carbocycles. The van der Waals surface area contributed by atoms with Crippen LogP contribution in [0.15, 0.2) is 12.3 Å². The molecule has 0 spiro atoms. The standard InChI is InChI=1S/C12H19N3O/c1-12(2)7-9(8-12)11(16)13-5-3-10-4-6-14-15-10/h4,6,9H,3,5,7-8H2,1-2H3,(H,13,16)(H,14,15). The second-order valence-corrected chi connectivity index (χ2v) is 5.39. The van der Waals surface area contributed by atoms with Crippen molar-refractivity contribution in [2.24, 2.45) is 11.3 Å². The lowest BCUT2D eigenvalue weighted by Crippen LogP contribution is -2.43. The van der Waals surface area contributed by atoms with Crippen LogP contribution in [-0.2, 0) is 11.2 Å². The first-order valence-corrected chi connectivity index (χ1v) is 5.83. The zero-order valence-electron chi connectivity index (χ0n) is 9.92. The molecule has 0 radical (unpaired) electrons. The van der Waals surface area contributed by atoms with E-state index in [1.54, 1.807) is 6.20 Å². The molecule has 88 valence electrons. The van der Waals surface area contributed by atoms with Crippen molar-refractivity contribution in [2.45, 2.75) is 33.1 Å². The minimum absolute atomic E-state index is 0.207. The Hall–Kier alpha value is -1.32. The van der Waals surface area contributed by atoms with Crippen LogP contribution in [0.3, 0.4) is 0 Å². The van der Waals surface area contributed by atoms with Crippen molar-refractivity contribution in [3.05, 3.63) is 18.0 Å². The summed E-state index contributed by atoms with van der Waals surface area (Å²) < 4.78 is 0. The van der Waals surface area contributed by atoms with Crippen LogP contribution in [0, 0.1) is 11.3 Å². The lowest BCUT2D eigenvalue weighted by Gasteiger charge is -2.41. The molecule has 1 heterocycles. The third-order valence-corrected chi connectivity index (χ3v) is 3.22. The molecule has 4 heteroatoms. The molecule has 2 rings (SSSR count). The van der Waals surface area contributed by atoms with Crippen LogP contribution in [0.5, 0.6) is 0 Å². The average molecular weight is 221 g/mol. The maximum atomic E-state index is 11.7. The highest BCUT2D eigenvalue weighted by molar-refractivity contribution is 5.79. The maximum absolute atomic E-state index is 11.7. The van der Waals surface area contributed by atoms with E-state index in [1.165, 1.54) is 0 Å². The number of carbonyl (C=O) groups excluding carboxylic acids is 1. The van der Waals surface area contributed by atoms with Gasteiger partial charge in [-0.05, 0) is 24.3 Å². The number of nitrogens with one attached hydrogen (secondary N) is 2. The first kappa shape index (κ1) is 11.2. The predicted octanol–water partition coefficient (Wildman–Crippen LogP) is 1.50. The van der Waals surface area contributed by atoms with E-state index in [9.17, 15) is 4.79 Å². The lowest BCUT2D eigenvalue weighted by atomic mass is 9.64. The van der Waals surface area contributed by atoms with Crippen molar-refractivity contribution in [1.29, 1.82) is 0 Å². The zero-order chi connectivity index (χ0) is 11.6. The molecule has 1 aromatic rings. The Bertz CT molecular complexity index is 348. The van der Waals surface area contributed by atoms with Gasteiger partial charge in [-0.15, -0.1) is 0 Å². The van der Waals surface area contributed by atoms with Crippen molar-refractivity contribution >= 4 is 5.91 Å². The summed E-state index contributed by atoms with van der Waals surface area (Å²) >= 11 is 0. The Morgan fingerprint density at radius 1 is 1.62 bits per heavy atom. The monoisotopic (exact) mass is 221 g/mol. The van der Waals surface area contributed by atoms with E-state index in [2.05, 4.69) is 29.4 Å². The number of aromatic amines is 1. The van der Waals surface area contributed by atoms with Crippen molar-refractivity contribution in [1.82, 2.24) is 15.5 Å². The molecule has 0 aromatic carbocycles. The summed E-state index contributed by atoms with van der Waals surface area (Å²) in [5.41, 5.74) is 1.43. The Morgan fingerprint density at radius 2 is 2.38 bits per heavy atom. The fraction of sp³-hybridized carbons (Fsp3) is 0.667. The van der Waals surface area contributed by atoms with E-state index >= 15 is 0 Å². The first-order valence-electron chi connectivity index (χ1n) is 5.83. The van der Waals surface area contributed by atoms with Crippen LogP contribution in [0.25, 0.3) is 0 Å². The summed E-state index contributed by atoms with van der Waals surface area (Å²) in [5, 5.41) is 9.72. The van der Waals surface area contributed by atoms with Crippen molar-refractivity contribution < 1.29 is 4.79 Å². The lowest BCUT2D eigenvalue weighted by molar-refractivity contribution is -0.131. The molecule has 2 N–H and O–H groups in total. The molecule has 0 unspecified atom stereocenters. The molecule has 0 aliphatic heterocycles. The SMILES string of the molecule is CC1(C)CC(C(=O)NCCc2ccn[nH]2)C1. The molecule has 1 aliphatic rings. The molecular formula is C12H19N3O. The normalized spacial score (nSPS) is 19.1. The van der Waals surface area contributed by atoms with Crippen molar-refractivity contribution in [2.75, 3.05) is 6.54 Å². The molecule has 1 amide bonds. The van der Waals surface area contributed by atoms with Crippen LogP contribution in [0.1, 0.15) is 32.4 Å². The zero-order valence-corrected chi connectivity index (χ0v) is 9.92. The third-order valence-electron chi connectivity index (χ3n) is 3.22. The fourth-order valence-electron chi connectivity index (χ4n) is 2.35. The molecule has 16 heavy (non-hydrogen) atoms. The summed E-state index contributed by atoms with van der Waals surface area (Å²) in [4.78, 5) is 11.7. The Morgan fingerprint density at radius 3 is 2.94 bits per heavy atom. The van der Waals surface area contributed by atoms with Crippen molar-refractivity contribution in [3.8, 4) is 0 Å². The van der Waals surface area contributed by atoms with Crippen LogP contribution >= 0.6 is 0 Å². The summed E-state index contributed by atoms with van der Waals surface area (Å²) in [6.45, 7) is 5.11. The summed E-state index contributed by atoms with van der Waals surface area (Å²) in [5.74, 6) is 0.440. The van der Waals surface area contributed by atoms with Crippen LogP contribution < -0.4 is 5.32 Å². The van der Waals surface area contributed by atoms with Gasteiger partial charge >= 0.3 is 0 Å². The van der Waals surface area contributed by atoms with Gasteiger partial charge in [0.15, 0.2) is 0 Å². The number of carbonyl (C=O) groups is 1. The number of hydrogen-bond donors (Lipinski definition) is 2. The minimum atomic E-state index is 0.207. The van der Waals surface area contributed by atoms with E-state index in [-0.39, 0.29) is 11.8 Å². The largest absolute Gasteiger partial charge is 0.355 e. The number of amides is 1. The maximum Gasteiger partial charge on any atom is 0.223 e. The highest BCUT2D eigenvalue weighted by atomic mass is 16.1. The van der Waals surface area contributed by atoms with Gasteiger partial charge in [0.2, 0.25) is 5.91 Å². The van der Waals surface area contributed by atoms with Crippen LogP contribution in [0.2, 0.25) is 0 Å². The van der Waals surface area contributed by atoms with Gasteiger partial charge in [0.05, 0.1) is 0 Å². The van der Waals surface area contributed by atoms with Gasteiger partial charge in [0.1, 0.15) is 0 Å². The smallest absolute Gasteiger partial charge is 0.223 e. The third kappa shape index (κ3) is 2.62. The number of aromatic nitrogens is 2. The molecule has 0 saturated heterocycles. The molecule has 0 atom stereocenters. The van der Waals surface area contributed by atoms with Gasteiger partial charge in [-0.25, -0.2) is 0 Å². The minimum Gasteiger partial charge on any atom is -0.355 e.